The third kappa shape index (κ3) is 4.96. The molecule has 0 aromatic heterocycles. The van der Waals surface area contributed by atoms with Crippen LogP contribution < -0.4 is 5.32 Å². The van der Waals surface area contributed by atoms with Gasteiger partial charge in [0, 0.05) is 12.1 Å². The monoisotopic (exact) mass is 296 g/mol. The van der Waals surface area contributed by atoms with Crippen LogP contribution in [0.15, 0.2) is 0 Å². The number of carbonyl (C=O) groups is 1. The Bertz CT molecular complexity index is 330. The molecule has 0 aromatic carbocycles. The van der Waals surface area contributed by atoms with Gasteiger partial charge in [-0.05, 0) is 65.6 Å². The first-order chi connectivity index (χ1) is 9.99. The van der Waals surface area contributed by atoms with Gasteiger partial charge in [0.25, 0.3) is 0 Å². The summed E-state index contributed by atoms with van der Waals surface area (Å²) in [5, 5.41) is 12.7. The normalized spacial score (nSPS) is 23.3. The van der Waals surface area contributed by atoms with Gasteiger partial charge in [0.15, 0.2) is 0 Å². The van der Waals surface area contributed by atoms with Gasteiger partial charge in [-0.3, -0.25) is 4.79 Å². The van der Waals surface area contributed by atoms with Crippen LogP contribution >= 0.6 is 0 Å². The number of rotatable bonds is 6. The second-order valence-corrected chi connectivity index (χ2v) is 7.50. The van der Waals surface area contributed by atoms with Crippen molar-refractivity contribution >= 4 is 5.97 Å². The molecule has 0 bridgehead atoms. The molecule has 4 heteroatoms. The molecule has 1 aliphatic heterocycles. The average molecular weight is 296 g/mol. The van der Waals surface area contributed by atoms with Crippen molar-refractivity contribution in [2.75, 3.05) is 19.6 Å². The van der Waals surface area contributed by atoms with Gasteiger partial charge in [0.05, 0.1) is 5.41 Å². The fourth-order valence-corrected chi connectivity index (χ4v) is 3.61. The summed E-state index contributed by atoms with van der Waals surface area (Å²) >= 11 is 0. The van der Waals surface area contributed by atoms with Gasteiger partial charge in [-0.2, -0.15) is 0 Å². The number of nitrogens with zero attached hydrogens (tertiary/aromatic N) is 1. The highest BCUT2D eigenvalue weighted by atomic mass is 16.4. The van der Waals surface area contributed by atoms with Gasteiger partial charge in [-0.25, -0.2) is 0 Å². The number of likely N-dealkylation sites (tertiary alicyclic amines) is 1. The molecule has 21 heavy (non-hydrogen) atoms. The summed E-state index contributed by atoms with van der Waals surface area (Å²) in [5.41, 5.74) is -0.615. The fourth-order valence-electron chi connectivity index (χ4n) is 3.61. The van der Waals surface area contributed by atoms with Crippen LogP contribution in [0.2, 0.25) is 0 Å². The van der Waals surface area contributed by atoms with Crippen LogP contribution in [0.1, 0.15) is 65.2 Å². The predicted molar refractivity (Wildman–Crippen MR) is 85.5 cm³/mol. The minimum atomic E-state index is -0.698. The molecule has 2 rings (SSSR count). The van der Waals surface area contributed by atoms with E-state index in [1.54, 1.807) is 0 Å². The molecule has 0 spiro atoms. The Kier molecular flexibility index (Phi) is 6.06. The van der Waals surface area contributed by atoms with E-state index >= 15 is 0 Å². The number of carboxylic acid groups (broad SMARTS) is 1. The number of carboxylic acids is 1. The van der Waals surface area contributed by atoms with Gasteiger partial charge in [-0.1, -0.05) is 19.3 Å². The van der Waals surface area contributed by atoms with Crippen LogP contribution in [-0.4, -0.2) is 47.7 Å². The van der Waals surface area contributed by atoms with Gasteiger partial charge in [0.2, 0.25) is 0 Å². The highest BCUT2D eigenvalue weighted by Gasteiger charge is 2.28. The Morgan fingerprint density at radius 3 is 2.33 bits per heavy atom. The minimum Gasteiger partial charge on any atom is -0.481 e. The van der Waals surface area contributed by atoms with Crippen LogP contribution in [0.5, 0.6) is 0 Å². The largest absolute Gasteiger partial charge is 0.481 e. The highest BCUT2D eigenvalue weighted by molar-refractivity contribution is 5.73. The molecule has 2 N–H and O–H groups in total. The Balaban J connectivity index is 1.64. The molecule has 1 heterocycles. The molecule has 0 atom stereocenters. The van der Waals surface area contributed by atoms with E-state index < -0.39 is 11.4 Å². The van der Waals surface area contributed by atoms with E-state index in [1.807, 2.05) is 13.8 Å². The predicted octanol–water partition coefficient (Wildman–Crippen LogP) is 2.87. The summed E-state index contributed by atoms with van der Waals surface area (Å²) in [7, 11) is 0. The zero-order valence-electron chi connectivity index (χ0n) is 13.7. The highest BCUT2D eigenvalue weighted by Crippen LogP contribution is 2.25. The Morgan fingerprint density at radius 1 is 1.14 bits per heavy atom. The maximum absolute atomic E-state index is 11.1. The minimum absolute atomic E-state index is 0.578. The molecule has 2 fully saturated rings. The van der Waals surface area contributed by atoms with Crippen LogP contribution in [-0.2, 0) is 4.79 Å². The summed E-state index contributed by atoms with van der Waals surface area (Å²) in [5.74, 6) is -0.698. The quantitative estimate of drug-likeness (QED) is 0.791. The second kappa shape index (κ2) is 7.59. The van der Waals surface area contributed by atoms with Crippen molar-refractivity contribution in [3.63, 3.8) is 0 Å². The second-order valence-electron chi connectivity index (χ2n) is 7.50. The maximum Gasteiger partial charge on any atom is 0.309 e. The SMILES string of the molecule is CC(C)(CCNC1CCN(C2CCCCC2)CC1)C(=O)O. The summed E-state index contributed by atoms with van der Waals surface area (Å²) in [6.07, 6.45) is 10.2. The van der Waals surface area contributed by atoms with E-state index in [1.165, 1.54) is 58.0 Å². The molecule has 122 valence electrons. The van der Waals surface area contributed by atoms with E-state index in [2.05, 4.69) is 10.2 Å². The van der Waals surface area contributed by atoms with Crippen molar-refractivity contribution in [2.24, 2.45) is 5.41 Å². The molecular formula is C17H32N2O2. The maximum atomic E-state index is 11.1. The number of aliphatic carboxylic acids is 1. The molecule has 0 amide bonds. The lowest BCUT2D eigenvalue weighted by Crippen LogP contribution is -2.47. The molecule has 2 aliphatic rings. The molecule has 0 unspecified atom stereocenters. The van der Waals surface area contributed by atoms with E-state index in [4.69, 9.17) is 5.11 Å². The molecular weight excluding hydrogens is 264 g/mol. The smallest absolute Gasteiger partial charge is 0.309 e. The van der Waals surface area contributed by atoms with Crippen molar-refractivity contribution in [1.29, 1.82) is 0 Å². The van der Waals surface area contributed by atoms with E-state index in [9.17, 15) is 4.79 Å². The Labute approximate surface area is 129 Å². The number of piperidine rings is 1. The van der Waals surface area contributed by atoms with Crippen molar-refractivity contribution in [3.05, 3.63) is 0 Å². The number of hydrogen-bond acceptors (Lipinski definition) is 3. The third-order valence-corrected chi connectivity index (χ3v) is 5.38. The topological polar surface area (TPSA) is 52.6 Å². The lowest BCUT2D eigenvalue weighted by Gasteiger charge is -2.39. The summed E-state index contributed by atoms with van der Waals surface area (Å²) < 4.78 is 0. The summed E-state index contributed by atoms with van der Waals surface area (Å²) in [4.78, 5) is 13.8. The Morgan fingerprint density at radius 2 is 1.76 bits per heavy atom. The fraction of sp³-hybridized carbons (Fsp3) is 0.941. The first-order valence-corrected chi connectivity index (χ1v) is 8.70. The van der Waals surface area contributed by atoms with Gasteiger partial charge < -0.3 is 15.3 Å². The lowest BCUT2D eigenvalue weighted by atomic mass is 9.89. The van der Waals surface area contributed by atoms with Crippen molar-refractivity contribution in [3.8, 4) is 0 Å². The van der Waals surface area contributed by atoms with Crippen molar-refractivity contribution < 1.29 is 9.90 Å². The molecule has 0 radical (unpaired) electrons. The van der Waals surface area contributed by atoms with Crippen molar-refractivity contribution in [1.82, 2.24) is 10.2 Å². The van der Waals surface area contributed by atoms with Crippen LogP contribution in [0.25, 0.3) is 0 Å². The van der Waals surface area contributed by atoms with E-state index in [0.717, 1.165) is 12.6 Å². The summed E-state index contributed by atoms with van der Waals surface area (Å²) in [6, 6.07) is 1.42. The van der Waals surface area contributed by atoms with E-state index in [-0.39, 0.29) is 0 Å². The van der Waals surface area contributed by atoms with Gasteiger partial charge in [-0.15, -0.1) is 0 Å². The standard InChI is InChI=1S/C17H32N2O2/c1-17(2,16(20)21)10-11-18-14-8-12-19(13-9-14)15-6-4-3-5-7-15/h14-15,18H,3-13H2,1-2H3,(H,20,21). The van der Waals surface area contributed by atoms with Crippen LogP contribution in [0, 0.1) is 5.41 Å². The Hall–Kier alpha value is -0.610. The lowest BCUT2D eigenvalue weighted by molar-refractivity contribution is -0.147. The zero-order valence-corrected chi connectivity index (χ0v) is 13.7. The molecule has 4 nitrogen and oxygen atoms in total. The molecule has 1 saturated heterocycles. The van der Waals surface area contributed by atoms with Gasteiger partial charge >= 0.3 is 5.97 Å². The van der Waals surface area contributed by atoms with E-state index in [0.29, 0.717) is 12.5 Å². The van der Waals surface area contributed by atoms with Crippen LogP contribution in [0.3, 0.4) is 0 Å². The van der Waals surface area contributed by atoms with Gasteiger partial charge in [0.1, 0.15) is 0 Å². The zero-order chi connectivity index (χ0) is 15.3. The number of hydrogen-bond donors (Lipinski definition) is 2. The molecule has 0 aromatic rings. The molecule has 1 saturated carbocycles. The third-order valence-electron chi connectivity index (χ3n) is 5.38. The molecule has 1 aliphatic carbocycles. The summed E-state index contributed by atoms with van der Waals surface area (Å²) in [6.45, 7) is 6.86. The number of nitrogens with one attached hydrogen (secondary N) is 1. The average Bonchev–Trinajstić information content (AvgIpc) is 2.48. The first-order valence-electron chi connectivity index (χ1n) is 8.70. The van der Waals surface area contributed by atoms with Crippen molar-refractivity contribution in [2.45, 2.75) is 77.3 Å². The first kappa shape index (κ1) is 16.8. The van der Waals surface area contributed by atoms with Crippen LogP contribution in [0.4, 0.5) is 0 Å².